The molecule has 100 valence electrons. The zero-order valence-electron chi connectivity index (χ0n) is 11.3. The summed E-state index contributed by atoms with van der Waals surface area (Å²) in [7, 11) is 0. The maximum Gasteiger partial charge on any atom is 0.215 e. The number of carbonyl (C=O) groups is 1. The van der Waals surface area contributed by atoms with Gasteiger partial charge in [-0.2, -0.15) is 5.10 Å². The van der Waals surface area contributed by atoms with Gasteiger partial charge in [-0.25, -0.2) is 4.68 Å². The van der Waals surface area contributed by atoms with E-state index in [0.717, 1.165) is 5.56 Å². The summed E-state index contributed by atoms with van der Waals surface area (Å²) in [6.45, 7) is 5.83. The first-order valence-electron chi connectivity index (χ1n) is 6.16. The maximum absolute atomic E-state index is 12.4. The largest absolute Gasteiger partial charge is 0.394 e. The van der Waals surface area contributed by atoms with Crippen LogP contribution in [0.5, 0.6) is 0 Å². The second-order valence-electron chi connectivity index (χ2n) is 4.88. The molecule has 0 aliphatic heterocycles. The first-order chi connectivity index (χ1) is 8.91. The molecule has 19 heavy (non-hydrogen) atoms. The first kappa shape index (κ1) is 13.1. The number of nitrogens with zero attached hydrogens (tertiary/aromatic N) is 2. The van der Waals surface area contributed by atoms with Crippen molar-refractivity contribution in [3.8, 4) is 0 Å². The first-order valence-corrected chi connectivity index (χ1v) is 6.16. The van der Waals surface area contributed by atoms with Crippen LogP contribution in [-0.4, -0.2) is 15.6 Å². The molecule has 0 radical (unpaired) electrons. The SMILES string of the molecule is Cc1ccc(C(=O)c2nn(C(C)C)c(N)c2N)cc1. The lowest BCUT2D eigenvalue weighted by Gasteiger charge is -2.06. The van der Waals surface area contributed by atoms with Gasteiger partial charge in [0.05, 0.1) is 0 Å². The van der Waals surface area contributed by atoms with Crippen LogP contribution in [0.15, 0.2) is 24.3 Å². The smallest absolute Gasteiger partial charge is 0.215 e. The fraction of sp³-hybridized carbons (Fsp3) is 0.286. The molecule has 1 aromatic heterocycles. The van der Waals surface area contributed by atoms with Gasteiger partial charge in [0, 0.05) is 11.6 Å². The van der Waals surface area contributed by atoms with Crippen LogP contribution in [0.1, 0.15) is 41.5 Å². The molecule has 0 fully saturated rings. The molecule has 2 aromatic rings. The molecule has 1 aromatic carbocycles. The molecule has 0 saturated carbocycles. The van der Waals surface area contributed by atoms with Crippen molar-refractivity contribution in [1.29, 1.82) is 0 Å². The molecule has 5 nitrogen and oxygen atoms in total. The fourth-order valence-corrected chi connectivity index (χ4v) is 1.86. The van der Waals surface area contributed by atoms with E-state index in [1.165, 1.54) is 0 Å². The van der Waals surface area contributed by atoms with Gasteiger partial charge in [0.25, 0.3) is 0 Å². The second-order valence-corrected chi connectivity index (χ2v) is 4.88. The van der Waals surface area contributed by atoms with Crippen LogP contribution in [-0.2, 0) is 0 Å². The summed E-state index contributed by atoms with van der Waals surface area (Å²) in [5.41, 5.74) is 13.9. The predicted molar refractivity (Wildman–Crippen MR) is 76.0 cm³/mol. The molecule has 0 spiro atoms. The van der Waals surface area contributed by atoms with E-state index < -0.39 is 0 Å². The number of aromatic nitrogens is 2. The van der Waals surface area contributed by atoms with E-state index in [1.807, 2.05) is 32.9 Å². The summed E-state index contributed by atoms with van der Waals surface area (Å²) < 4.78 is 1.57. The van der Waals surface area contributed by atoms with Gasteiger partial charge in [-0.1, -0.05) is 29.8 Å². The highest BCUT2D eigenvalue weighted by Crippen LogP contribution is 2.25. The van der Waals surface area contributed by atoms with Crippen molar-refractivity contribution in [2.45, 2.75) is 26.8 Å². The van der Waals surface area contributed by atoms with Crippen LogP contribution < -0.4 is 11.5 Å². The van der Waals surface area contributed by atoms with Gasteiger partial charge in [0.15, 0.2) is 5.69 Å². The maximum atomic E-state index is 12.4. The van der Waals surface area contributed by atoms with E-state index in [2.05, 4.69) is 5.10 Å². The Morgan fingerprint density at radius 2 is 1.79 bits per heavy atom. The molecular weight excluding hydrogens is 240 g/mol. The fourth-order valence-electron chi connectivity index (χ4n) is 1.86. The quantitative estimate of drug-likeness (QED) is 0.826. The summed E-state index contributed by atoms with van der Waals surface area (Å²) in [6.07, 6.45) is 0. The van der Waals surface area contributed by atoms with Gasteiger partial charge in [0.2, 0.25) is 5.78 Å². The molecule has 4 N–H and O–H groups in total. The van der Waals surface area contributed by atoms with Gasteiger partial charge in [-0.3, -0.25) is 4.79 Å². The number of nitrogens with two attached hydrogens (primary N) is 2. The Morgan fingerprint density at radius 1 is 1.21 bits per heavy atom. The molecule has 0 unspecified atom stereocenters. The second kappa shape index (κ2) is 4.76. The average molecular weight is 258 g/mol. The third kappa shape index (κ3) is 2.31. The highest BCUT2D eigenvalue weighted by atomic mass is 16.1. The Balaban J connectivity index is 2.45. The van der Waals surface area contributed by atoms with Crippen LogP contribution >= 0.6 is 0 Å². The van der Waals surface area contributed by atoms with Crippen molar-refractivity contribution in [3.63, 3.8) is 0 Å². The molecule has 0 aliphatic carbocycles. The van der Waals surface area contributed by atoms with Crippen LogP contribution in [0.2, 0.25) is 0 Å². The Morgan fingerprint density at radius 3 is 2.26 bits per heavy atom. The van der Waals surface area contributed by atoms with Gasteiger partial charge in [0.1, 0.15) is 11.5 Å². The van der Waals surface area contributed by atoms with Crippen molar-refractivity contribution >= 4 is 17.3 Å². The number of rotatable bonds is 3. The highest BCUT2D eigenvalue weighted by molar-refractivity contribution is 6.11. The van der Waals surface area contributed by atoms with Gasteiger partial charge in [-0.15, -0.1) is 0 Å². The molecule has 0 bridgehead atoms. The van der Waals surface area contributed by atoms with Gasteiger partial charge < -0.3 is 11.5 Å². The van der Waals surface area contributed by atoms with E-state index in [1.54, 1.807) is 16.8 Å². The van der Waals surface area contributed by atoms with E-state index in [-0.39, 0.29) is 23.2 Å². The Kier molecular flexibility index (Phi) is 3.29. The molecule has 0 atom stereocenters. The van der Waals surface area contributed by atoms with Gasteiger partial charge in [-0.05, 0) is 20.8 Å². The standard InChI is InChI=1S/C14H18N4O/c1-8(2)18-14(16)11(15)12(17-18)13(19)10-6-4-9(3)5-7-10/h4-8H,15-16H2,1-3H3. The molecule has 0 aliphatic rings. The molecule has 1 heterocycles. The number of anilines is 2. The minimum absolute atomic E-state index is 0.0573. The summed E-state index contributed by atoms with van der Waals surface area (Å²) in [6, 6.07) is 7.35. The van der Waals surface area contributed by atoms with Crippen molar-refractivity contribution in [1.82, 2.24) is 9.78 Å². The van der Waals surface area contributed by atoms with Crippen molar-refractivity contribution < 1.29 is 4.79 Å². The minimum atomic E-state index is -0.205. The number of ketones is 1. The lowest BCUT2D eigenvalue weighted by molar-refractivity contribution is 0.103. The summed E-state index contributed by atoms with van der Waals surface area (Å²) in [5, 5.41) is 4.22. The Bertz CT molecular complexity index is 611. The molecule has 2 rings (SSSR count). The molecular formula is C14H18N4O. The zero-order chi connectivity index (χ0) is 14.2. The van der Waals surface area contributed by atoms with E-state index in [0.29, 0.717) is 11.4 Å². The summed E-state index contributed by atoms with van der Waals surface area (Å²) in [4.78, 5) is 12.4. The number of hydrogen-bond acceptors (Lipinski definition) is 4. The molecule has 0 saturated heterocycles. The third-order valence-corrected chi connectivity index (χ3v) is 3.00. The average Bonchev–Trinajstić information content (AvgIpc) is 2.67. The van der Waals surface area contributed by atoms with Crippen LogP contribution in [0, 0.1) is 6.92 Å². The molecule has 5 heteroatoms. The van der Waals surface area contributed by atoms with E-state index in [4.69, 9.17) is 11.5 Å². The third-order valence-electron chi connectivity index (χ3n) is 3.00. The van der Waals surface area contributed by atoms with Crippen molar-refractivity contribution in [3.05, 3.63) is 41.1 Å². The minimum Gasteiger partial charge on any atom is -0.394 e. The number of aryl methyl sites for hydroxylation is 1. The van der Waals surface area contributed by atoms with Crippen molar-refractivity contribution in [2.24, 2.45) is 0 Å². The topological polar surface area (TPSA) is 86.9 Å². The van der Waals surface area contributed by atoms with Crippen LogP contribution in [0.4, 0.5) is 11.5 Å². The van der Waals surface area contributed by atoms with E-state index >= 15 is 0 Å². The number of nitrogen functional groups attached to an aromatic ring is 2. The lowest BCUT2D eigenvalue weighted by atomic mass is 10.1. The monoisotopic (exact) mass is 258 g/mol. The molecule has 0 amide bonds. The van der Waals surface area contributed by atoms with Crippen molar-refractivity contribution in [2.75, 3.05) is 11.5 Å². The predicted octanol–water partition coefficient (Wildman–Crippen LogP) is 2.17. The number of benzene rings is 1. The summed E-state index contributed by atoms with van der Waals surface area (Å²) >= 11 is 0. The Labute approximate surface area is 112 Å². The summed E-state index contributed by atoms with van der Waals surface area (Å²) in [5.74, 6) is 0.133. The number of hydrogen-bond donors (Lipinski definition) is 2. The zero-order valence-corrected chi connectivity index (χ0v) is 11.3. The van der Waals surface area contributed by atoms with Gasteiger partial charge >= 0.3 is 0 Å². The van der Waals surface area contributed by atoms with Crippen LogP contribution in [0.3, 0.4) is 0 Å². The van der Waals surface area contributed by atoms with Crippen LogP contribution in [0.25, 0.3) is 0 Å². The number of carbonyl (C=O) groups excluding carboxylic acids is 1. The normalized spacial score (nSPS) is 10.9. The highest BCUT2D eigenvalue weighted by Gasteiger charge is 2.21. The van der Waals surface area contributed by atoms with E-state index in [9.17, 15) is 4.79 Å². The lowest BCUT2D eigenvalue weighted by Crippen LogP contribution is -2.08. The Hall–Kier alpha value is -2.30.